The third kappa shape index (κ3) is 3.61. The van der Waals surface area contributed by atoms with Gasteiger partial charge in [-0.1, -0.05) is 22.0 Å². The fraction of sp³-hybridized carbons (Fsp3) is 0.545. The van der Waals surface area contributed by atoms with Crippen LogP contribution in [-0.2, 0) is 11.2 Å². The number of amides is 1. The molecule has 2 unspecified atom stereocenters. The molecule has 0 aliphatic rings. The van der Waals surface area contributed by atoms with Gasteiger partial charge in [-0.3, -0.25) is 4.79 Å². The van der Waals surface area contributed by atoms with Crippen molar-refractivity contribution in [1.29, 1.82) is 0 Å². The van der Waals surface area contributed by atoms with Gasteiger partial charge in [0.15, 0.2) is 0 Å². The van der Waals surface area contributed by atoms with Crippen molar-refractivity contribution in [3.63, 3.8) is 0 Å². The Labute approximate surface area is 103 Å². The first-order valence-corrected chi connectivity index (χ1v) is 6.75. The topological polar surface area (TPSA) is 20.3 Å². The first kappa shape index (κ1) is 12.7. The van der Waals surface area contributed by atoms with Gasteiger partial charge in [0.1, 0.15) is 0 Å². The van der Waals surface area contributed by atoms with Crippen LogP contribution in [0.3, 0.4) is 0 Å². The van der Waals surface area contributed by atoms with Crippen LogP contribution >= 0.6 is 27.3 Å². The van der Waals surface area contributed by atoms with Crippen LogP contribution in [0.5, 0.6) is 0 Å². The van der Waals surface area contributed by atoms with E-state index in [2.05, 4.69) is 34.3 Å². The lowest BCUT2D eigenvalue weighted by Gasteiger charge is -2.25. The Morgan fingerprint density at radius 3 is 2.73 bits per heavy atom. The number of alkyl halides is 1. The highest BCUT2D eigenvalue weighted by Gasteiger charge is 2.19. The van der Waals surface area contributed by atoms with Crippen LogP contribution in [-0.4, -0.2) is 28.7 Å². The van der Waals surface area contributed by atoms with Crippen molar-refractivity contribution in [3.05, 3.63) is 22.4 Å². The van der Waals surface area contributed by atoms with Crippen molar-refractivity contribution < 1.29 is 4.79 Å². The highest BCUT2D eigenvalue weighted by Crippen LogP contribution is 2.15. The van der Waals surface area contributed by atoms with E-state index in [0.717, 1.165) is 6.42 Å². The summed E-state index contributed by atoms with van der Waals surface area (Å²) in [4.78, 5) is 14.7. The molecule has 1 amide bonds. The van der Waals surface area contributed by atoms with E-state index < -0.39 is 0 Å². The van der Waals surface area contributed by atoms with Gasteiger partial charge in [-0.25, -0.2) is 0 Å². The molecular formula is C11H16BrNOS. The maximum Gasteiger partial charge on any atom is 0.236 e. The van der Waals surface area contributed by atoms with E-state index >= 15 is 0 Å². The Morgan fingerprint density at radius 2 is 2.27 bits per heavy atom. The smallest absolute Gasteiger partial charge is 0.236 e. The van der Waals surface area contributed by atoms with Crippen LogP contribution in [0.25, 0.3) is 0 Å². The number of carbonyl (C=O) groups excluding carboxylic acids is 1. The second kappa shape index (κ2) is 5.66. The summed E-state index contributed by atoms with van der Waals surface area (Å²) in [7, 11) is 1.86. The van der Waals surface area contributed by atoms with Crippen LogP contribution in [0.2, 0.25) is 0 Å². The molecule has 1 aromatic rings. The summed E-state index contributed by atoms with van der Waals surface area (Å²) in [6.07, 6.45) is 0.930. The molecular weight excluding hydrogens is 274 g/mol. The minimum Gasteiger partial charge on any atom is -0.342 e. The van der Waals surface area contributed by atoms with Crippen molar-refractivity contribution >= 4 is 33.2 Å². The average molecular weight is 290 g/mol. The number of hydrogen-bond donors (Lipinski definition) is 0. The van der Waals surface area contributed by atoms with Crippen molar-refractivity contribution in [3.8, 4) is 0 Å². The molecule has 0 fully saturated rings. The minimum atomic E-state index is -0.103. The molecule has 0 saturated heterocycles. The predicted molar refractivity (Wildman–Crippen MR) is 68.6 cm³/mol. The van der Waals surface area contributed by atoms with Crippen LogP contribution in [0.4, 0.5) is 0 Å². The van der Waals surface area contributed by atoms with Crippen LogP contribution in [0.15, 0.2) is 17.5 Å². The Kier molecular flexibility index (Phi) is 4.80. The zero-order chi connectivity index (χ0) is 11.4. The number of halogens is 1. The first-order chi connectivity index (χ1) is 7.02. The van der Waals surface area contributed by atoms with E-state index in [-0.39, 0.29) is 16.8 Å². The first-order valence-electron chi connectivity index (χ1n) is 4.95. The maximum absolute atomic E-state index is 11.7. The van der Waals surface area contributed by atoms with Gasteiger partial charge in [-0.05, 0) is 25.3 Å². The number of carbonyl (C=O) groups is 1. The van der Waals surface area contributed by atoms with Crippen molar-refractivity contribution in [2.75, 3.05) is 7.05 Å². The van der Waals surface area contributed by atoms with E-state index in [1.807, 2.05) is 20.0 Å². The largest absolute Gasteiger partial charge is 0.342 e. The van der Waals surface area contributed by atoms with Gasteiger partial charge in [-0.15, -0.1) is 11.3 Å². The molecule has 0 radical (unpaired) electrons. The molecule has 0 spiro atoms. The number of thiophene rings is 1. The molecule has 1 heterocycles. The third-order valence-corrected chi connectivity index (χ3v) is 3.72. The summed E-state index contributed by atoms with van der Waals surface area (Å²) in [5.74, 6) is 0.138. The number of nitrogens with zero attached hydrogens (tertiary/aromatic N) is 1. The minimum absolute atomic E-state index is 0.103. The van der Waals surface area contributed by atoms with Gasteiger partial charge in [0.05, 0.1) is 4.83 Å². The van der Waals surface area contributed by atoms with Gasteiger partial charge >= 0.3 is 0 Å². The van der Waals surface area contributed by atoms with Crippen molar-refractivity contribution in [2.45, 2.75) is 31.1 Å². The van der Waals surface area contributed by atoms with Crippen LogP contribution in [0.1, 0.15) is 18.7 Å². The highest BCUT2D eigenvalue weighted by molar-refractivity contribution is 9.10. The van der Waals surface area contributed by atoms with Gasteiger partial charge in [0.2, 0.25) is 5.91 Å². The van der Waals surface area contributed by atoms with E-state index in [0.29, 0.717) is 0 Å². The molecule has 2 atom stereocenters. The Morgan fingerprint density at radius 1 is 1.60 bits per heavy atom. The number of rotatable bonds is 4. The molecule has 1 rings (SSSR count). The molecule has 0 saturated carbocycles. The van der Waals surface area contributed by atoms with E-state index in [9.17, 15) is 4.79 Å². The quantitative estimate of drug-likeness (QED) is 0.781. The molecule has 0 bridgehead atoms. The van der Waals surface area contributed by atoms with Crippen LogP contribution < -0.4 is 0 Å². The zero-order valence-corrected chi connectivity index (χ0v) is 11.6. The van der Waals surface area contributed by atoms with Gasteiger partial charge in [0, 0.05) is 24.4 Å². The van der Waals surface area contributed by atoms with Crippen molar-refractivity contribution in [2.24, 2.45) is 0 Å². The normalized spacial score (nSPS) is 14.7. The maximum atomic E-state index is 11.7. The lowest BCUT2D eigenvalue weighted by atomic mass is 10.2. The Hall–Kier alpha value is -0.350. The summed E-state index contributed by atoms with van der Waals surface area (Å²) < 4.78 is 0. The SMILES string of the molecule is CC(Br)C(=O)N(C)C(C)Cc1cccs1. The Balaban J connectivity index is 2.53. The standard InChI is InChI=1S/C11H16BrNOS/c1-8(7-10-5-4-6-15-10)13(3)11(14)9(2)12/h4-6,8-9H,7H2,1-3H3. The summed E-state index contributed by atoms with van der Waals surface area (Å²) in [5.41, 5.74) is 0. The fourth-order valence-corrected chi connectivity index (χ4v) is 2.50. The average Bonchev–Trinajstić information content (AvgIpc) is 2.67. The summed E-state index contributed by atoms with van der Waals surface area (Å²) in [6, 6.07) is 4.40. The van der Waals surface area contributed by atoms with E-state index in [4.69, 9.17) is 0 Å². The van der Waals surface area contributed by atoms with Gasteiger partial charge < -0.3 is 4.90 Å². The van der Waals surface area contributed by atoms with Gasteiger partial charge in [-0.2, -0.15) is 0 Å². The second-order valence-corrected chi connectivity index (χ2v) is 6.10. The third-order valence-electron chi connectivity index (χ3n) is 2.43. The fourth-order valence-electron chi connectivity index (χ4n) is 1.35. The Bertz CT molecular complexity index is 310. The van der Waals surface area contributed by atoms with E-state index in [1.54, 1.807) is 16.2 Å². The molecule has 15 heavy (non-hydrogen) atoms. The molecule has 0 aliphatic carbocycles. The van der Waals surface area contributed by atoms with E-state index in [1.165, 1.54) is 4.88 Å². The molecule has 0 aromatic carbocycles. The highest BCUT2D eigenvalue weighted by atomic mass is 79.9. The lowest BCUT2D eigenvalue weighted by Crippen LogP contribution is -2.39. The predicted octanol–water partition coefficient (Wildman–Crippen LogP) is 2.92. The molecule has 0 aliphatic heterocycles. The molecule has 1 aromatic heterocycles. The summed E-state index contributed by atoms with van der Waals surface area (Å²) in [6.45, 7) is 3.93. The second-order valence-electron chi connectivity index (χ2n) is 3.70. The molecule has 2 nitrogen and oxygen atoms in total. The van der Waals surface area contributed by atoms with Crippen LogP contribution in [0, 0.1) is 0 Å². The summed E-state index contributed by atoms with van der Waals surface area (Å²) >= 11 is 5.04. The monoisotopic (exact) mass is 289 g/mol. The van der Waals surface area contributed by atoms with Gasteiger partial charge in [0.25, 0.3) is 0 Å². The van der Waals surface area contributed by atoms with Crippen molar-refractivity contribution in [1.82, 2.24) is 4.90 Å². The number of hydrogen-bond acceptors (Lipinski definition) is 2. The molecule has 4 heteroatoms. The lowest BCUT2D eigenvalue weighted by molar-refractivity contribution is -0.130. The zero-order valence-electron chi connectivity index (χ0n) is 9.24. The molecule has 0 N–H and O–H groups in total. The number of likely N-dealkylation sites (N-methyl/N-ethyl adjacent to an activating group) is 1. The molecule has 84 valence electrons. The summed E-state index contributed by atoms with van der Waals surface area (Å²) in [5, 5.41) is 2.07.